The van der Waals surface area contributed by atoms with Gasteiger partial charge in [0.15, 0.2) is 0 Å². The van der Waals surface area contributed by atoms with E-state index in [4.69, 9.17) is 4.74 Å². The number of anilines is 1. The topological polar surface area (TPSA) is 66.8 Å². The van der Waals surface area contributed by atoms with Crippen LogP contribution in [0.15, 0.2) is 78.4 Å². The molecule has 5 nitrogen and oxygen atoms in total. The first-order valence-corrected chi connectivity index (χ1v) is 10.4. The predicted octanol–water partition coefficient (Wildman–Crippen LogP) is 5.38. The molecular formula is C26H21F2NO4. The highest BCUT2D eigenvalue weighted by Gasteiger charge is 2.47. The van der Waals surface area contributed by atoms with E-state index in [0.29, 0.717) is 5.75 Å². The summed E-state index contributed by atoms with van der Waals surface area (Å²) in [6.45, 7) is 3.69. The van der Waals surface area contributed by atoms with Gasteiger partial charge in [0.2, 0.25) is 0 Å². The minimum atomic E-state index is -1.24. The highest BCUT2D eigenvalue weighted by atomic mass is 19.1. The van der Waals surface area contributed by atoms with E-state index >= 15 is 0 Å². The maximum absolute atomic E-state index is 14.9. The summed E-state index contributed by atoms with van der Waals surface area (Å²) in [6, 6.07) is 15.8. The Bertz CT molecular complexity index is 1250. The first kappa shape index (κ1) is 22.2. The van der Waals surface area contributed by atoms with Gasteiger partial charge < -0.3 is 9.84 Å². The number of amides is 1. The van der Waals surface area contributed by atoms with Gasteiger partial charge >= 0.3 is 0 Å². The van der Waals surface area contributed by atoms with Crippen LogP contribution in [0, 0.1) is 11.6 Å². The molecule has 1 atom stereocenters. The molecule has 0 aromatic heterocycles. The molecule has 1 saturated heterocycles. The van der Waals surface area contributed by atoms with Crippen molar-refractivity contribution in [3.05, 3.63) is 101 Å². The second-order valence-corrected chi connectivity index (χ2v) is 7.86. The Balaban J connectivity index is 1.92. The van der Waals surface area contributed by atoms with Crippen molar-refractivity contribution in [1.29, 1.82) is 0 Å². The lowest BCUT2D eigenvalue weighted by Gasteiger charge is -2.25. The van der Waals surface area contributed by atoms with E-state index in [1.807, 2.05) is 13.8 Å². The van der Waals surface area contributed by atoms with E-state index in [1.165, 1.54) is 30.3 Å². The monoisotopic (exact) mass is 449 g/mol. The van der Waals surface area contributed by atoms with Crippen LogP contribution in [0.1, 0.15) is 31.0 Å². The molecular weight excluding hydrogens is 428 g/mol. The molecule has 0 spiro atoms. The number of carbonyl (C=O) groups is 2. The van der Waals surface area contributed by atoms with Gasteiger partial charge in [-0.3, -0.25) is 14.5 Å². The first-order valence-electron chi connectivity index (χ1n) is 10.4. The molecule has 1 amide bonds. The molecule has 33 heavy (non-hydrogen) atoms. The number of carbonyl (C=O) groups excluding carboxylic acids is 2. The van der Waals surface area contributed by atoms with Crippen LogP contribution >= 0.6 is 0 Å². The molecule has 3 aromatic carbocycles. The van der Waals surface area contributed by atoms with Crippen molar-refractivity contribution in [3.63, 3.8) is 0 Å². The molecule has 1 aliphatic rings. The molecule has 7 heteroatoms. The molecule has 1 aliphatic heterocycles. The molecule has 3 aromatic rings. The van der Waals surface area contributed by atoms with Crippen LogP contribution in [-0.4, -0.2) is 22.9 Å². The summed E-state index contributed by atoms with van der Waals surface area (Å²) >= 11 is 0. The van der Waals surface area contributed by atoms with E-state index in [0.717, 1.165) is 17.0 Å². The quantitative estimate of drug-likeness (QED) is 0.323. The number of ether oxygens (including phenoxy) is 1. The van der Waals surface area contributed by atoms with Crippen LogP contribution < -0.4 is 9.64 Å². The van der Waals surface area contributed by atoms with Crippen molar-refractivity contribution < 1.29 is 28.2 Å². The number of hydrogen-bond acceptors (Lipinski definition) is 4. The lowest BCUT2D eigenvalue weighted by atomic mass is 9.94. The van der Waals surface area contributed by atoms with Gasteiger partial charge in [-0.2, -0.15) is 0 Å². The van der Waals surface area contributed by atoms with Gasteiger partial charge in [0.25, 0.3) is 11.7 Å². The summed E-state index contributed by atoms with van der Waals surface area (Å²) in [7, 11) is 0. The smallest absolute Gasteiger partial charge is 0.300 e. The van der Waals surface area contributed by atoms with Crippen LogP contribution in [0.2, 0.25) is 0 Å². The SMILES string of the molecule is CC(C)Oc1cccc(/C(O)=C2/C(=O)C(=O)N(c3ccc(F)cc3)C2c2ccccc2F)c1. The number of Topliss-reactive ketones (excluding diaryl/α,β-unsaturated/α-hetero) is 1. The summed E-state index contributed by atoms with van der Waals surface area (Å²) in [5, 5.41) is 11.1. The van der Waals surface area contributed by atoms with Crippen LogP contribution in [0.5, 0.6) is 5.75 Å². The van der Waals surface area contributed by atoms with Crippen molar-refractivity contribution >= 4 is 23.1 Å². The Morgan fingerprint density at radius 2 is 1.67 bits per heavy atom. The standard InChI is InChI=1S/C26H21F2NO4/c1-15(2)33-19-7-5-6-16(14-19)24(30)22-23(20-8-3-4-9-21(20)28)29(26(32)25(22)31)18-12-10-17(27)11-13-18/h3-15,23,30H,1-2H3/b24-22-. The van der Waals surface area contributed by atoms with Gasteiger partial charge in [-0.15, -0.1) is 0 Å². The van der Waals surface area contributed by atoms with E-state index in [1.54, 1.807) is 30.3 Å². The fraction of sp³-hybridized carbons (Fsp3) is 0.154. The lowest BCUT2D eigenvalue weighted by molar-refractivity contribution is -0.132. The molecule has 0 bridgehead atoms. The summed E-state index contributed by atoms with van der Waals surface area (Å²) in [5.41, 5.74) is 0.197. The Morgan fingerprint density at radius 1 is 0.970 bits per heavy atom. The Labute approximate surface area is 189 Å². The molecule has 0 radical (unpaired) electrons. The van der Waals surface area contributed by atoms with E-state index in [9.17, 15) is 23.5 Å². The summed E-state index contributed by atoms with van der Waals surface area (Å²) in [5.74, 6) is -3.10. The maximum atomic E-state index is 14.9. The molecule has 4 rings (SSSR count). The highest BCUT2D eigenvalue weighted by molar-refractivity contribution is 6.51. The van der Waals surface area contributed by atoms with Gasteiger partial charge in [-0.1, -0.05) is 30.3 Å². The van der Waals surface area contributed by atoms with Crippen molar-refractivity contribution in [3.8, 4) is 5.75 Å². The zero-order valence-corrected chi connectivity index (χ0v) is 18.0. The number of rotatable bonds is 5. The van der Waals surface area contributed by atoms with E-state index in [2.05, 4.69) is 0 Å². The number of hydrogen-bond donors (Lipinski definition) is 1. The van der Waals surface area contributed by atoms with E-state index < -0.39 is 35.1 Å². The second-order valence-electron chi connectivity index (χ2n) is 7.86. The lowest BCUT2D eigenvalue weighted by Crippen LogP contribution is -2.29. The van der Waals surface area contributed by atoms with Gasteiger partial charge in [0.1, 0.15) is 23.1 Å². The minimum Gasteiger partial charge on any atom is -0.507 e. The zero-order chi connectivity index (χ0) is 23.7. The first-order chi connectivity index (χ1) is 15.8. The number of ketones is 1. The van der Waals surface area contributed by atoms with E-state index in [-0.39, 0.29) is 28.5 Å². The van der Waals surface area contributed by atoms with Crippen molar-refractivity contribution in [2.75, 3.05) is 4.90 Å². The third kappa shape index (κ3) is 4.22. The van der Waals surface area contributed by atoms with Gasteiger partial charge in [0.05, 0.1) is 17.7 Å². The van der Waals surface area contributed by atoms with Crippen LogP contribution in [0.3, 0.4) is 0 Å². The van der Waals surface area contributed by atoms with Gasteiger partial charge in [-0.05, 0) is 56.3 Å². The number of nitrogens with zero attached hydrogens (tertiary/aromatic N) is 1. The Hall–Kier alpha value is -4.00. The third-order valence-electron chi connectivity index (χ3n) is 5.23. The molecule has 1 N–H and O–H groups in total. The molecule has 1 unspecified atom stereocenters. The summed E-state index contributed by atoms with van der Waals surface area (Å²) < 4.78 is 34.0. The number of aliphatic hydroxyl groups is 1. The highest BCUT2D eigenvalue weighted by Crippen LogP contribution is 2.43. The largest absolute Gasteiger partial charge is 0.507 e. The molecule has 1 fully saturated rings. The Kier molecular flexibility index (Phi) is 5.96. The second kappa shape index (κ2) is 8.86. The Morgan fingerprint density at radius 3 is 2.33 bits per heavy atom. The minimum absolute atomic E-state index is 0.0251. The number of benzene rings is 3. The van der Waals surface area contributed by atoms with Gasteiger partial charge in [0, 0.05) is 16.8 Å². The van der Waals surface area contributed by atoms with Crippen molar-refractivity contribution in [1.82, 2.24) is 0 Å². The van der Waals surface area contributed by atoms with Gasteiger partial charge in [-0.25, -0.2) is 8.78 Å². The molecule has 1 heterocycles. The zero-order valence-electron chi connectivity index (χ0n) is 18.0. The van der Waals surface area contributed by atoms with Crippen LogP contribution in [-0.2, 0) is 9.59 Å². The predicted molar refractivity (Wildman–Crippen MR) is 120 cm³/mol. The third-order valence-corrected chi connectivity index (χ3v) is 5.23. The van der Waals surface area contributed by atoms with Crippen molar-refractivity contribution in [2.24, 2.45) is 0 Å². The average Bonchev–Trinajstić information content (AvgIpc) is 3.04. The summed E-state index contributed by atoms with van der Waals surface area (Å²) in [4.78, 5) is 27.2. The number of halogens is 2. The maximum Gasteiger partial charge on any atom is 0.300 e. The number of aliphatic hydroxyl groups excluding tert-OH is 1. The molecule has 168 valence electrons. The van der Waals surface area contributed by atoms with Crippen LogP contribution in [0.25, 0.3) is 5.76 Å². The average molecular weight is 449 g/mol. The molecule has 0 saturated carbocycles. The van der Waals surface area contributed by atoms with Crippen molar-refractivity contribution in [2.45, 2.75) is 26.0 Å². The summed E-state index contributed by atoms with van der Waals surface area (Å²) in [6.07, 6.45) is -0.120. The normalized spacial score (nSPS) is 17.6. The molecule has 0 aliphatic carbocycles. The van der Waals surface area contributed by atoms with Crippen LogP contribution in [0.4, 0.5) is 14.5 Å². The fourth-order valence-electron chi connectivity index (χ4n) is 3.84. The fourth-order valence-corrected chi connectivity index (χ4v) is 3.84.